The van der Waals surface area contributed by atoms with E-state index in [2.05, 4.69) is 15.3 Å². The topological polar surface area (TPSA) is 65.5 Å². The van der Waals surface area contributed by atoms with E-state index in [1.807, 2.05) is 25.1 Å². The second-order valence-corrected chi connectivity index (χ2v) is 4.81. The third-order valence-corrected chi connectivity index (χ3v) is 3.31. The van der Waals surface area contributed by atoms with Crippen molar-refractivity contribution in [2.75, 3.05) is 31.7 Å². The molecule has 0 fully saturated rings. The maximum absolute atomic E-state index is 5.72. The van der Waals surface area contributed by atoms with Crippen LogP contribution in [0, 0.1) is 0 Å². The van der Waals surface area contributed by atoms with Gasteiger partial charge in [0.25, 0.3) is 0 Å². The van der Waals surface area contributed by atoms with Gasteiger partial charge in [0.1, 0.15) is 31.1 Å². The fourth-order valence-electron chi connectivity index (χ4n) is 2.32. The van der Waals surface area contributed by atoms with Crippen molar-refractivity contribution < 1.29 is 14.2 Å². The normalized spacial score (nSPS) is 12.8. The zero-order valence-electron chi connectivity index (χ0n) is 12.5. The number of nitrogens with zero attached hydrogens (tertiary/aromatic N) is 2. The maximum Gasteiger partial charge on any atom is 0.165 e. The van der Waals surface area contributed by atoms with Gasteiger partial charge < -0.3 is 19.5 Å². The van der Waals surface area contributed by atoms with E-state index in [0.29, 0.717) is 19.8 Å². The number of anilines is 1. The van der Waals surface area contributed by atoms with Crippen LogP contribution in [-0.4, -0.2) is 36.3 Å². The first-order valence-corrected chi connectivity index (χ1v) is 7.42. The highest BCUT2D eigenvalue weighted by Crippen LogP contribution is 2.37. The number of benzene rings is 1. The fraction of sp³-hybridized carbons (Fsp3) is 0.375. The van der Waals surface area contributed by atoms with Crippen LogP contribution >= 0.6 is 0 Å². The third-order valence-electron chi connectivity index (χ3n) is 3.31. The lowest BCUT2D eigenvalue weighted by atomic mass is 10.1. The van der Waals surface area contributed by atoms with E-state index < -0.39 is 0 Å². The standard InChI is InChI=1S/C16H19N3O3/c1-2-20-13-10-15-14(21-7-8-22-15)9-12(13)3-6-18-16-4-5-17-11-19-16/h4-5,9-11H,2-3,6-8H2,1H3,(H,17,18,19). The van der Waals surface area contributed by atoms with E-state index in [4.69, 9.17) is 14.2 Å². The summed E-state index contributed by atoms with van der Waals surface area (Å²) in [5, 5.41) is 3.26. The third kappa shape index (κ3) is 3.39. The van der Waals surface area contributed by atoms with E-state index in [0.717, 1.165) is 41.6 Å². The second kappa shape index (κ2) is 6.98. The number of aromatic nitrogens is 2. The van der Waals surface area contributed by atoms with Gasteiger partial charge in [-0.25, -0.2) is 9.97 Å². The molecule has 22 heavy (non-hydrogen) atoms. The molecule has 0 spiro atoms. The minimum absolute atomic E-state index is 0.577. The molecule has 1 aliphatic rings. The Hall–Kier alpha value is -2.50. The molecule has 6 heteroatoms. The molecular weight excluding hydrogens is 282 g/mol. The van der Waals surface area contributed by atoms with Crippen molar-refractivity contribution in [1.82, 2.24) is 9.97 Å². The van der Waals surface area contributed by atoms with Crippen LogP contribution < -0.4 is 19.5 Å². The molecule has 0 amide bonds. The zero-order chi connectivity index (χ0) is 15.2. The first-order valence-electron chi connectivity index (χ1n) is 7.42. The van der Waals surface area contributed by atoms with Crippen molar-refractivity contribution in [3.05, 3.63) is 36.3 Å². The SMILES string of the molecule is CCOc1cc2c(cc1CCNc1ccncn1)OCCO2. The van der Waals surface area contributed by atoms with Crippen LogP contribution in [-0.2, 0) is 6.42 Å². The smallest absolute Gasteiger partial charge is 0.165 e. The number of hydrogen-bond acceptors (Lipinski definition) is 6. The molecule has 0 unspecified atom stereocenters. The molecule has 6 nitrogen and oxygen atoms in total. The summed E-state index contributed by atoms with van der Waals surface area (Å²) in [6, 6.07) is 5.76. The van der Waals surface area contributed by atoms with Crippen LogP contribution in [0.4, 0.5) is 5.82 Å². The summed E-state index contributed by atoms with van der Waals surface area (Å²) in [6.45, 7) is 4.50. The van der Waals surface area contributed by atoms with Crippen LogP contribution in [0.2, 0.25) is 0 Å². The Labute approximate surface area is 129 Å². The molecule has 3 rings (SSSR count). The fourth-order valence-corrected chi connectivity index (χ4v) is 2.32. The second-order valence-electron chi connectivity index (χ2n) is 4.81. The van der Waals surface area contributed by atoms with Crippen LogP contribution in [0.3, 0.4) is 0 Å². The summed E-state index contributed by atoms with van der Waals surface area (Å²) in [5.74, 6) is 3.19. The summed E-state index contributed by atoms with van der Waals surface area (Å²) in [7, 11) is 0. The van der Waals surface area contributed by atoms with Crippen LogP contribution in [0.25, 0.3) is 0 Å². The largest absolute Gasteiger partial charge is 0.493 e. The van der Waals surface area contributed by atoms with Crippen LogP contribution in [0.15, 0.2) is 30.7 Å². The van der Waals surface area contributed by atoms with Gasteiger partial charge in [-0.15, -0.1) is 0 Å². The Morgan fingerprint density at radius 1 is 1.23 bits per heavy atom. The number of ether oxygens (including phenoxy) is 3. The van der Waals surface area contributed by atoms with Crippen LogP contribution in [0.1, 0.15) is 12.5 Å². The number of nitrogens with one attached hydrogen (secondary N) is 1. The van der Waals surface area contributed by atoms with E-state index >= 15 is 0 Å². The van der Waals surface area contributed by atoms with Crippen molar-refractivity contribution in [2.45, 2.75) is 13.3 Å². The lowest BCUT2D eigenvalue weighted by molar-refractivity contribution is 0.170. The van der Waals surface area contributed by atoms with E-state index in [1.54, 1.807) is 6.20 Å². The molecule has 0 atom stereocenters. The molecule has 2 aromatic rings. The lowest BCUT2D eigenvalue weighted by Crippen LogP contribution is -2.16. The van der Waals surface area contributed by atoms with Crippen LogP contribution in [0.5, 0.6) is 17.2 Å². The van der Waals surface area contributed by atoms with Crippen molar-refractivity contribution in [3.63, 3.8) is 0 Å². The minimum Gasteiger partial charge on any atom is -0.493 e. The summed E-state index contributed by atoms with van der Waals surface area (Å²) in [5.41, 5.74) is 1.09. The molecular formula is C16H19N3O3. The molecule has 1 N–H and O–H groups in total. The number of rotatable bonds is 6. The highest BCUT2D eigenvalue weighted by atomic mass is 16.6. The zero-order valence-corrected chi connectivity index (χ0v) is 12.5. The maximum atomic E-state index is 5.72. The Kier molecular flexibility index (Phi) is 4.58. The summed E-state index contributed by atoms with van der Waals surface area (Å²) in [6.07, 6.45) is 4.04. The molecule has 116 valence electrons. The number of hydrogen-bond donors (Lipinski definition) is 1. The van der Waals surface area contributed by atoms with Crippen molar-refractivity contribution in [3.8, 4) is 17.2 Å². The average molecular weight is 301 g/mol. The molecule has 0 radical (unpaired) electrons. The quantitative estimate of drug-likeness (QED) is 0.883. The average Bonchev–Trinajstić information content (AvgIpc) is 2.56. The molecule has 0 aliphatic carbocycles. The van der Waals surface area contributed by atoms with Crippen molar-refractivity contribution in [1.29, 1.82) is 0 Å². The predicted octanol–water partition coefficient (Wildman–Crippen LogP) is 2.30. The number of fused-ring (bicyclic) bond motifs is 1. The molecule has 0 bridgehead atoms. The molecule has 2 heterocycles. The van der Waals surface area contributed by atoms with Gasteiger partial charge in [-0.05, 0) is 31.0 Å². The predicted molar refractivity (Wildman–Crippen MR) is 82.8 cm³/mol. The van der Waals surface area contributed by atoms with Gasteiger partial charge >= 0.3 is 0 Å². The Morgan fingerprint density at radius 2 is 2.05 bits per heavy atom. The molecule has 1 aromatic carbocycles. The first-order chi connectivity index (χ1) is 10.9. The van der Waals surface area contributed by atoms with Gasteiger partial charge in [-0.2, -0.15) is 0 Å². The van der Waals surface area contributed by atoms with E-state index in [9.17, 15) is 0 Å². The first kappa shape index (κ1) is 14.4. The van der Waals surface area contributed by atoms with Gasteiger partial charge in [0.15, 0.2) is 11.5 Å². The van der Waals surface area contributed by atoms with Gasteiger partial charge in [-0.3, -0.25) is 0 Å². The highest BCUT2D eigenvalue weighted by molar-refractivity contribution is 5.51. The van der Waals surface area contributed by atoms with Crippen molar-refractivity contribution >= 4 is 5.82 Å². The summed E-state index contributed by atoms with van der Waals surface area (Å²) in [4.78, 5) is 8.04. The lowest BCUT2D eigenvalue weighted by Gasteiger charge is -2.21. The Balaban J connectivity index is 1.71. The molecule has 1 aromatic heterocycles. The Bertz CT molecular complexity index is 620. The van der Waals surface area contributed by atoms with Gasteiger partial charge in [0.2, 0.25) is 0 Å². The molecule has 1 aliphatic heterocycles. The Morgan fingerprint density at radius 3 is 2.77 bits per heavy atom. The van der Waals surface area contributed by atoms with Gasteiger partial charge in [0.05, 0.1) is 6.61 Å². The van der Waals surface area contributed by atoms with Gasteiger partial charge in [-0.1, -0.05) is 0 Å². The molecule has 0 saturated heterocycles. The minimum atomic E-state index is 0.577. The summed E-state index contributed by atoms with van der Waals surface area (Å²) < 4.78 is 17.0. The van der Waals surface area contributed by atoms with E-state index in [1.165, 1.54) is 6.33 Å². The molecule has 0 saturated carbocycles. The highest BCUT2D eigenvalue weighted by Gasteiger charge is 2.16. The van der Waals surface area contributed by atoms with Gasteiger partial charge in [0, 0.05) is 18.8 Å². The van der Waals surface area contributed by atoms with E-state index in [-0.39, 0.29) is 0 Å². The monoisotopic (exact) mass is 301 g/mol. The summed E-state index contributed by atoms with van der Waals surface area (Å²) >= 11 is 0. The van der Waals surface area contributed by atoms with Crippen molar-refractivity contribution in [2.24, 2.45) is 0 Å².